The summed E-state index contributed by atoms with van der Waals surface area (Å²) in [4.78, 5) is 21.5. The van der Waals surface area contributed by atoms with Crippen molar-refractivity contribution in [1.82, 2.24) is 0 Å². The molecule has 2 atom stereocenters. The lowest BCUT2D eigenvalue weighted by Gasteiger charge is -2.13. The van der Waals surface area contributed by atoms with Gasteiger partial charge in [0, 0.05) is 5.92 Å². The molecule has 0 rings (SSSR count). The minimum Gasteiger partial charge on any atom is -0.468 e. The molecule has 4 heteroatoms. The van der Waals surface area contributed by atoms with Crippen molar-refractivity contribution in [2.45, 2.75) is 19.9 Å². The number of ether oxygens (including phenoxy) is 1. The maximum atomic E-state index is 10.8. The van der Waals surface area contributed by atoms with Crippen LogP contribution in [0.1, 0.15) is 13.8 Å². The molecule has 0 bridgehead atoms. The van der Waals surface area contributed by atoms with Gasteiger partial charge in [-0.3, -0.25) is 9.59 Å². The number of carbonyl (C=O) groups is 2. The van der Waals surface area contributed by atoms with Gasteiger partial charge in [0.05, 0.1) is 7.11 Å². The van der Waals surface area contributed by atoms with E-state index in [1.807, 2.05) is 0 Å². The Morgan fingerprint density at radius 2 is 1.91 bits per heavy atom. The quantitative estimate of drug-likeness (QED) is 0.574. The third kappa shape index (κ3) is 2.67. The van der Waals surface area contributed by atoms with Gasteiger partial charge in [-0.2, -0.15) is 0 Å². The zero-order valence-corrected chi connectivity index (χ0v) is 6.96. The van der Waals surface area contributed by atoms with Crippen molar-refractivity contribution in [3.63, 3.8) is 0 Å². The third-order valence-corrected chi connectivity index (χ3v) is 1.65. The molecule has 0 radical (unpaired) electrons. The summed E-state index contributed by atoms with van der Waals surface area (Å²) < 4.78 is 4.37. The summed E-state index contributed by atoms with van der Waals surface area (Å²) in [6, 6.07) is -0.836. The molecule has 64 valence electrons. The molecule has 0 aromatic rings. The van der Waals surface area contributed by atoms with Gasteiger partial charge < -0.3 is 10.5 Å². The monoisotopic (exact) mass is 159 g/mol. The fraction of sp³-hybridized carbons (Fsp3) is 0.714. The molecule has 0 saturated carbocycles. The van der Waals surface area contributed by atoms with Crippen LogP contribution < -0.4 is 5.73 Å². The number of rotatable bonds is 3. The minimum atomic E-state index is -0.836. The summed E-state index contributed by atoms with van der Waals surface area (Å²) in [5.41, 5.74) is 5.38. The first-order valence-corrected chi connectivity index (χ1v) is 3.34. The van der Waals surface area contributed by atoms with Crippen LogP contribution in [-0.4, -0.2) is 24.9 Å². The first-order valence-electron chi connectivity index (χ1n) is 3.34. The van der Waals surface area contributed by atoms with Gasteiger partial charge in [-0.05, 0) is 6.92 Å². The van der Waals surface area contributed by atoms with Crippen LogP contribution >= 0.6 is 0 Å². The smallest absolute Gasteiger partial charge is 0.323 e. The van der Waals surface area contributed by atoms with Crippen molar-refractivity contribution < 1.29 is 14.3 Å². The molecule has 0 aliphatic carbocycles. The van der Waals surface area contributed by atoms with Crippen molar-refractivity contribution in [3.8, 4) is 0 Å². The minimum absolute atomic E-state index is 0.108. The van der Waals surface area contributed by atoms with Gasteiger partial charge in [0.15, 0.2) is 0 Å². The maximum absolute atomic E-state index is 10.8. The lowest BCUT2D eigenvalue weighted by molar-refractivity contribution is -0.145. The molecule has 0 aromatic heterocycles. The highest BCUT2D eigenvalue weighted by Crippen LogP contribution is 2.02. The van der Waals surface area contributed by atoms with Gasteiger partial charge in [0.25, 0.3) is 0 Å². The Labute approximate surface area is 65.7 Å². The average Bonchev–Trinajstić information content (AvgIpc) is 2.00. The predicted molar refractivity (Wildman–Crippen MR) is 39.8 cm³/mol. The summed E-state index contributed by atoms with van der Waals surface area (Å²) in [5.74, 6) is -1.13. The Morgan fingerprint density at radius 3 is 2.18 bits per heavy atom. The molecule has 0 heterocycles. The number of carbonyl (C=O) groups excluding carboxylic acids is 2. The SMILES string of the molecule is COC(=O)C(N)C(C)C(C)=O. The first-order chi connectivity index (χ1) is 5.00. The second kappa shape index (κ2) is 4.08. The fourth-order valence-electron chi connectivity index (χ4n) is 0.593. The molecule has 0 spiro atoms. The van der Waals surface area contributed by atoms with E-state index in [1.165, 1.54) is 14.0 Å². The molecule has 0 aliphatic heterocycles. The summed E-state index contributed by atoms with van der Waals surface area (Å²) in [6.45, 7) is 3.00. The predicted octanol–water partition coefficient (Wildman–Crippen LogP) is -0.288. The highest BCUT2D eigenvalue weighted by molar-refractivity contribution is 5.86. The number of hydrogen-bond donors (Lipinski definition) is 1. The second-order valence-electron chi connectivity index (χ2n) is 2.45. The lowest BCUT2D eigenvalue weighted by atomic mass is 9.99. The van der Waals surface area contributed by atoms with E-state index in [-0.39, 0.29) is 5.78 Å². The topological polar surface area (TPSA) is 69.4 Å². The second-order valence-corrected chi connectivity index (χ2v) is 2.45. The van der Waals surface area contributed by atoms with Gasteiger partial charge >= 0.3 is 5.97 Å². The van der Waals surface area contributed by atoms with Crippen LogP contribution in [0.4, 0.5) is 0 Å². The summed E-state index contributed by atoms with van der Waals surface area (Å²) in [5, 5.41) is 0. The zero-order valence-electron chi connectivity index (χ0n) is 6.96. The van der Waals surface area contributed by atoms with E-state index in [2.05, 4.69) is 4.74 Å². The van der Waals surface area contributed by atoms with E-state index in [0.717, 1.165) is 0 Å². The molecule has 0 fully saturated rings. The maximum Gasteiger partial charge on any atom is 0.323 e. The summed E-state index contributed by atoms with van der Waals surface area (Å²) >= 11 is 0. The van der Waals surface area contributed by atoms with Crippen molar-refractivity contribution >= 4 is 11.8 Å². The average molecular weight is 159 g/mol. The van der Waals surface area contributed by atoms with Crippen LogP contribution in [-0.2, 0) is 14.3 Å². The molecule has 0 aliphatic rings. The van der Waals surface area contributed by atoms with Crippen LogP contribution in [0.25, 0.3) is 0 Å². The molecule has 11 heavy (non-hydrogen) atoms. The number of esters is 1. The number of nitrogens with two attached hydrogens (primary N) is 1. The molecule has 2 unspecified atom stereocenters. The normalized spacial score (nSPS) is 15.3. The van der Waals surface area contributed by atoms with Crippen LogP contribution in [0, 0.1) is 5.92 Å². The molecule has 0 saturated heterocycles. The fourth-order valence-corrected chi connectivity index (χ4v) is 0.593. The highest BCUT2D eigenvalue weighted by atomic mass is 16.5. The largest absolute Gasteiger partial charge is 0.468 e. The Balaban J connectivity index is 4.12. The van der Waals surface area contributed by atoms with Gasteiger partial charge in [0.2, 0.25) is 0 Å². The Kier molecular flexibility index (Phi) is 3.74. The first kappa shape index (κ1) is 10.1. The Bertz CT molecular complexity index is 167. The third-order valence-electron chi connectivity index (χ3n) is 1.65. The van der Waals surface area contributed by atoms with Crippen LogP contribution in [0.3, 0.4) is 0 Å². The van der Waals surface area contributed by atoms with Crippen molar-refractivity contribution in [2.75, 3.05) is 7.11 Å². The summed E-state index contributed by atoms with van der Waals surface area (Å²) in [6.07, 6.45) is 0. The molecule has 2 N–H and O–H groups in total. The number of Topliss-reactive ketones (excluding diaryl/α,β-unsaturated/α-hetero) is 1. The van der Waals surface area contributed by atoms with Crippen LogP contribution in [0.5, 0.6) is 0 Å². The highest BCUT2D eigenvalue weighted by Gasteiger charge is 2.24. The Morgan fingerprint density at radius 1 is 1.45 bits per heavy atom. The molecular formula is C7H13NO3. The van der Waals surface area contributed by atoms with E-state index in [9.17, 15) is 9.59 Å². The molecule has 4 nitrogen and oxygen atoms in total. The van der Waals surface area contributed by atoms with Crippen molar-refractivity contribution in [1.29, 1.82) is 0 Å². The van der Waals surface area contributed by atoms with E-state index in [0.29, 0.717) is 0 Å². The van der Waals surface area contributed by atoms with E-state index >= 15 is 0 Å². The molecule has 0 amide bonds. The van der Waals surface area contributed by atoms with Crippen molar-refractivity contribution in [2.24, 2.45) is 11.7 Å². The van der Waals surface area contributed by atoms with E-state index < -0.39 is 17.9 Å². The zero-order chi connectivity index (χ0) is 9.02. The van der Waals surface area contributed by atoms with Gasteiger partial charge in [-0.15, -0.1) is 0 Å². The van der Waals surface area contributed by atoms with Gasteiger partial charge in [-0.25, -0.2) is 0 Å². The van der Waals surface area contributed by atoms with Crippen molar-refractivity contribution in [3.05, 3.63) is 0 Å². The Hall–Kier alpha value is -0.900. The molecular weight excluding hydrogens is 146 g/mol. The van der Waals surface area contributed by atoms with Gasteiger partial charge in [0.1, 0.15) is 11.8 Å². The number of ketones is 1. The molecule has 0 aromatic carbocycles. The van der Waals surface area contributed by atoms with Crippen LogP contribution in [0.2, 0.25) is 0 Å². The van der Waals surface area contributed by atoms with Gasteiger partial charge in [-0.1, -0.05) is 6.92 Å². The van der Waals surface area contributed by atoms with E-state index in [1.54, 1.807) is 6.92 Å². The number of hydrogen-bond acceptors (Lipinski definition) is 4. The van der Waals surface area contributed by atoms with E-state index in [4.69, 9.17) is 5.73 Å². The summed E-state index contributed by atoms with van der Waals surface area (Å²) in [7, 11) is 1.25. The van der Waals surface area contributed by atoms with Crippen LogP contribution in [0.15, 0.2) is 0 Å². The standard InChI is InChI=1S/C7H13NO3/c1-4(5(2)9)6(8)7(10)11-3/h4,6H,8H2,1-3H3. The number of methoxy groups -OCH3 is 1. The lowest BCUT2D eigenvalue weighted by Crippen LogP contribution is -2.40.